The third kappa shape index (κ3) is 9.76. The van der Waals surface area contributed by atoms with Gasteiger partial charge in [-0.2, -0.15) is 6.08 Å². The van der Waals surface area contributed by atoms with E-state index in [4.69, 9.17) is 0 Å². The molecule has 3 heteroatoms. The molecule has 0 aromatic heterocycles. The molecule has 0 atom stereocenters. The van der Waals surface area contributed by atoms with E-state index in [0.717, 1.165) is 6.42 Å². The second kappa shape index (κ2) is 17.8. The van der Waals surface area contributed by atoms with Crippen LogP contribution in [0.15, 0.2) is 127 Å². The summed E-state index contributed by atoms with van der Waals surface area (Å²) in [5, 5.41) is 5.38. The Morgan fingerprint density at radius 2 is 1.04 bits per heavy atom. The molecule has 0 unspecified atom stereocenters. The van der Waals surface area contributed by atoms with Gasteiger partial charge in [0.25, 0.3) is 0 Å². The zero-order chi connectivity index (χ0) is 34.5. The van der Waals surface area contributed by atoms with Crippen molar-refractivity contribution in [1.82, 2.24) is 0 Å². The fourth-order valence-corrected chi connectivity index (χ4v) is 6.91. The Labute approximate surface area is 328 Å². The van der Waals surface area contributed by atoms with Gasteiger partial charge in [0.1, 0.15) is 0 Å². The van der Waals surface area contributed by atoms with Crippen molar-refractivity contribution in [2.75, 3.05) is 0 Å². The molecule has 0 radical (unpaired) electrons. The zero-order valence-corrected chi connectivity index (χ0v) is 34.6. The van der Waals surface area contributed by atoms with Gasteiger partial charge in [-0.25, -0.2) is 12.2 Å². The van der Waals surface area contributed by atoms with E-state index in [0.29, 0.717) is 0 Å². The van der Waals surface area contributed by atoms with E-state index in [9.17, 15) is 0 Å². The fraction of sp³-hybridized carbons (Fsp3) is 0.234. The number of fused-ring (bicyclic) bond motifs is 3. The number of rotatable bonds is 3. The van der Waals surface area contributed by atoms with Crippen LogP contribution in [0.3, 0.4) is 0 Å². The molecule has 0 amide bonds. The van der Waals surface area contributed by atoms with Crippen molar-refractivity contribution in [1.29, 1.82) is 0 Å². The maximum absolute atomic E-state index is 2.99. The summed E-state index contributed by atoms with van der Waals surface area (Å²) >= 11 is 1.46. The molecule has 1 aliphatic carbocycles. The van der Waals surface area contributed by atoms with Crippen LogP contribution >= 0.6 is 0 Å². The molecule has 0 fully saturated rings. The van der Waals surface area contributed by atoms with Gasteiger partial charge in [0, 0.05) is 0 Å². The van der Waals surface area contributed by atoms with Crippen LogP contribution in [0.1, 0.15) is 75.8 Å². The normalized spacial score (nSPS) is 12.0. The number of allylic oxidation sites excluding steroid dienone is 4. The quantitative estimate of drug-likeness (QED) is 0.171. The topological polar surface area (TPSA) is 0 Å². The number of halogens is 2. The Kier molecular flexibility index (Phi) is 14.7. The van der Waals surface area contributed by atoms with Crippen LogP contribution in [-0.2, 0) is 35.1 Å². The van der Waals surface area contributed by atoms with Gasteiger partial charge in [0.2, 0.25) is 0 Å². The summed E-state index contributed by atoms with van der Waals surface area (Å²) in [6, 6.07) is 40.1. The van der Waals surface area contributed by atoms with E-state index in [1.165, 1.54) is 95.9 Å². The van der Waals surface area contributed by atoms with Gasteiger partial charge in [0.05, 0.1) is 0 Å². The molecule has 1 aliphatic rings. The molecule has 0 nitrogen and oxygen atoms in total. The first kappa shape index (κ1) is 41.2. The molecular formula is C47H48Cl2Zr-2. The predicted molar refractivity (Wildman–Crippen MR) is 208 cm³/mol. The first-order chi connectivity index (χ1) is 22.9. The molecule has 0 aliphatic heterocycles. The van der Waals surface area contributed by atoms with Crippen molar-refractivity contribution in [2.45, 2.75) is 72.6 Å². The van der Waals surface area contributed by atoms with Gasteiger partial charge in [-0.05, 0) is 69.2 Å². The molecule has 0 spiro atoms. The molecule has 6 aromatic rings. The first-order valence-electron chi connectivity index (χ1n) is 17.0. The minimum atomic E-state index is 0. The Bertz CT molecular complexity index is 1970. The summed E-state index contributed by atoms with van der Waals surface area (Å²) in [6.45, 7) is 18.4. The van der Waals surface area contributed by atoms with Crippen molar-refractivity contribution in [3.8, 4) is 22.3 Å². The van der Waals surface area contributed by atoms with Crippen molar-refractivity contribution >= 4 is 25.3 Å². The Balaban J connectivity index is 0.000000377. The number of benzene rings is 5. The van der Waals surface area contributed by atoms with Crippen molar-refractivity contribution in [3.05, 3.63) is 161 Å². The number of aryl methyl sites for hydroxylation is 2. The van der Waals surface area contributed by atoms with Crippen LogP contribution in [0, 0.1) is 19.9 Å². The van der Waals surface area contributed by atoms with Crippen LogP contribution in [0.25, 0.3) is 43.8 Å². The molecule has 6 aromatic carbocycles. The van der Waals surface area contributed by atoms with Crippen LogP contribution in [-0.4, -0.2) is 3.71 Å². The average molecular weight is 775 g/mol. The minimum absolute atomic E-state index is 0. The van der Waals surface area contributed by atoms with Crippen molar-refractivity contribution in [3.63, 3.8) is 0 Å². The molecule has 0 N–H and O–H groups in total. The maximum atomic E-state index is 2.99. The molecule has 0 heterocycles. The van der Waals surface area contributed by atoms with Gasteiger partial charge in [-0.3, -0.25) is 6.08 Å². The summed E-state index contributed by atoms with van der Waals surface area (Å²) in [5.41, 5.74) is 12.3. The SMILES string of the molecule is Cc1ccccc1-c1cc2[cH-]c3cc(-c4ccccc4C)c(C(C)(C)C)cc3c2cc1C(C)(C)C.[C-]1=CC=CC1.[Cl-].[Cl-].[Zr+2]=[CH]c1ccccc1. The van der Waals surface area contributed by atoms with Crippen LogP contribution in [0.4, 0.5) is 0 Å². The first-order valence-corrected chi connectivity index (χ1v) is 18.4. The van der Waals surface area contributed by atoms with Crippen molar-refractivity contribution < 1.29 is 49.0 Å². The van der Waals surface area contributed by atoms with Crippen LogP contribution < -0.4 is 24.8 Å². The monoisotopic (exact) mass is 772 g/mol. The van der Waals surface area contributed by atoms with Gasteiger partial charge in [0.15, 0.2) is 0 Å². The van der Waals surface area contributed by atoms with Crippen LogP contribution in [0.5, 0.6) is 0 Å². The van der Waals surface area contributed by atoms with E-state index < -0.39 is 0 Å². The third-order valence-corrected chi connectivity index (χ3v) is 9.84. The molecule has 0 saturated heterocycles. The zero-order valence-electron chi connectivity index (χ0n) is 30.7. The summed E-state index contributed by atoms with van der Waals surface area (Å²) < 4.78 is 2.17. The van der Waals surface area contributed by atoms with Crippen LogP contribution in [0.2, 0.25) is 0 Å². The second-order valence-electron chi connectivity index (χ2n) is 14.8. The van der Waals surface area contributed by atoms with E-state index in [1.807, 2.05) is 18.2 Å². The molecule has 7 rings (SSSR count). The summed E-state index contributed by atoms with van der Waals surface area (Å²) in [5.74, 6) is 0. The average Bonchev–Trinajstić information content (AvgIpc) is 3.76. The molecule has 256 valence electrons. The van der Waals surface area contributed by atoms with Gasteiger partial charge >= 0.3 is 63.8 Å². The van der Waals surface area contributed by atoms with E-state index in [-0.39, 0.29) is 35.6 Å². The summed E-state index contributed by atoms with van der Waals surface area (Å²) in [6.07, 6.45) is 10.0. The molecular weight excluding hydrogens is 727 g/mol. The Hall–Kier alpha value is -3.22. The Morgan fingerprint density at radius 1 is 0.600 bits per heavy atom. The molecule has 0 bridgehead atoms. The van der Waals surface area contributed by atoms with E-state index in [1.54, 1.807) is 0 Å². The number of hydrogen-bond donors (Lipinski definition) is 0. The standard InChI is InChI=1S/C35H37.C7H6.C5H5.2ClH.Zr/c1-22-13-9-11-15-26(22)30-18-24-17-25-19-31(27-16-12-10-14-23(27)2)33(35(6,7)8)21-29(25)28(24)20-32(30)34(3,4)5;1-7-5-3-2-4-6-7;1-2-4-5-3-1;;;/h9-21H,1-8H3;1-6H;1-3H,4H2;2*1H;/q-1;;-1;;;+2/p-2. The predicted octanol–water partition coefficient (Wildman–Crippen LogP) is 6.96. The fourth-order valence-electron chi connectivity index (χ4n) is 6.43. The Morgan fingerprint density at radius 3 is 1.36 bits per heavy atom. The molecule has 50 heavy (non-hydrogen) atoms. The van der Waals surface area contributed by atoms with E-state index in [2.05, 4.69) is 174 Å². The number of hydrogen-bond acceptors (Lipinski definition) is 0. The van der Waals surface area contributed by atoms with Gasteiger partial charge in [-0.1, -0.05) is 102 Å². The van der Waals surface area contributed by atoms with Gasteiger partial charge < -0.3 is 24.8 Å². The second-order valence-corrected chi connectivity index (χ2v) is 15.5. The summed E-state index contributed by atoms with van der Waals surface area (Å²) in [4.78, 5) is 0. The third-order valence-electron chi connectivity index (χ3n) is 9.02. The van der Waals surface area contributed by atoms with Crippen molar-refractivity contribution in [2.24, 2.45) is 0 Å². The summed E-state index contributed by atoms with van der Waals surface area (Å²) in [7, 11) is 0. The molecule has 0 saturated carbocycles. The van der Waals surface area contributed by atoms with E-state index >= 15 is 0 Å². The van der Waals surface area contributed by atoms with Gasteiger partial charge in [-0.15, -0.1) is 46.2 Å².